The number of rotatable bonds is 5. The Morgan fingerprint density at radius 1 is 1.61 bits per heavy atom. The summed E-state index contributed by atoms with van der Waals surface area (Å²) in [6, 6.07) is 0.652. The summed E-state index contributed by atoms with van der Waals surface area (Å²) in [5.74, 6) is -0.858. The number of carboxylic acid groups (broad SMARTS) is 1. The third-order valence-corrected chi connectivity index (χ3v) is 3.70. The van der Waals surface area contributed by atoms with E-state index in [4.69, 9.17) is 15.6 Å². The topological polar surface area (TPSA) is 92.8 Å². The van der Waals surface area contributed by atoms with E-state index in [1.807, 2.05) is 6.92 Å². The van der Waals surface area contributed by atoms with Gasteiger partial charge in [-0.15, -0.1) is 0 Å². The Morgan fingerprint density at radius 3 is 2.67 bits per heavy atom. The molecule has 0 aromatic heterocycles. The fourth-order valence-electron chi connectivity index (χ4n) is 1.64. The van der Waals surface area contributed by atoms with Crippen molar-refractivity contribution in [2.45, 2.75) is 25.8 Å². The molecule has 0 aliphatic carbocycles. The van der Waals surface area contributed by atoms with Crippen LogP contribution >= 0.6 is 15.9 Å². The molecule has 0 amide bonds. The van der Waals surface area contributed by atoms with Gasteiger partial charge in [0.1, 0.15) is 6.04 Å². The Hall–Kier alpha value is -1.27. The predicted molar refractivity (Wildman–Crippen MR) is 71.1 cm³/mol. The summed E-state index contributed by atoms with van der Waals surface area (Å²) in [4.78, 5) is 10.8. The van der Waals surface area contributed by atoms with Crippen molar-refractivity contribution in [3.8, 4) is 11.5 Å². The van der Waals surface area contributed by atoms with Crippen LogP contribution in [0.3, 0.4) is 0 Å². The van der Waals surface area contributed by atoms with E-state index in [2.05, 4.69) is 15.9 Å². The van der Waals surface area contributed by atoms with E-state index in [9.17, 15) is 9.90 Å². The Morgan fingerprint density at radius 2 is 2.22 bits per heavy atom. The third kappa shape index (κ3) is 2.94. The highest BCUT2D eigenvalue weighted by molar-refractivity contribution is 9.10. The number of methoxy groups -OCH3 is 1. The molecule has 0 aliphatic heterocycles. The second-order valence-corrected chi connectivity index (χ2v) is 4.67. The molecule has 1 aromatic rings. The van der Waals surface area contributed by atoms with Gasteiger partial charge in [0.25, 0.3) is 0 Å². The summed E-state index contributed by atoms with van der Waals surface area (Å²) in [7, 11) is 1.45. The molecular formula is C12H16BrNO4. The molecule has 1 unspecified atom stereocenters. The van der Waals surface area contributed by atoms with E-state index in [-0.39, 0.29) is 12.2 Å². The largest absolute Gasteiger partial charge is 0.504 e. The van der Waals surface area contributed by atoms with Gasteiger partial charge in [0, 0.05) is 16.5 Å². The van der Waals surface area contributed by atoms with E-state index in [0.29, 0.717) is 15.8 Å². The summed E-state index contributed by atoms with van der Waals surface area (Å²) < 4.78 is 5.75. The van der Waals surface area contributed by atoms with Gasteiger partial charge in [-0.25, -0.2) is 0 Å². The van der Waals surface area contributed by atoms with Crippen molar-refractivity contribution in [1.29, 1.82) is 0 Å². The number of halogens is 1. The van der Waals surface area contributed by atoms with Crippen molar-refractivity contribution >= 4 is 21.9 Å². The number of nitrogens with two attached hydrogens (primary N) is 1. The Balaban J connectivity index is 3.27. The molecule has 0 radical (unpaired) electrons. The molecule has 4 N–H and O–H groups in total. The van der Waals surface area contributed by atoms with Crippen LogP contribution in [0.25, 0.3) is 0 Å². The Bertz CT molecular complexity index is 434. The molecule has 0 saturated carbocycles. The average molecular weight is 318 g/mol. The number of benzene rings is 1. The van der Waals surface area contributed by atoms with Crippen LogP contribution in [0.15, 0.2) is 10.5 Å². The minimum absolute atomic E-state index is 0.0337. The van der Waals surface area contributed by atoms with Gasteiger partial charge in [0.15, 0.2) is 11.5 Å². The molecule has 1 atom stereocenters. The average Bonchev–Trinajstić information content (AvgIpc) is 2.34. The highest BCUT2D eigenvalue weighted by atomic mass is 79.9. The summed E-state index contributed by atoms with van der Waals surface area (Å²) in [5, 5.41) is 18.8. The van der Waals surface area contributed by atoms with Gasteiger partial charge >= 0.3 is 5.97 Å². The normalized spacial score (nSPS) is 12.2. The number of carbonyl (C=O) groups is 1. The van der Waals surface area contributed by atoms with Crippen molar-refractivity contribution in [1.82, 2.24) is 0 Å². The van der Waals surface area contributed by atoms with Crippen molar-refractivity contribution < 1.29 is 19.7 Å². The van der Waals surface area contributed by atoms with Crippen molar-refractivity contribution in [2.75, 3.05) is 7.11 Å². The van der Waals surface area contributed by atoms with Gasteiger partial charge in [-0.05, 0) is 18.1 Å². The second kappa shape index (κ2) is 6.06. The minimum atomic E-state index is -1.11. The molecule has 100 valence electrons. The van der Waals surface area contributed by atoms with Crippen LogP contribution in [0.4, 0.5) is 0 Å². The SMILES string of the molecule is CCc1cc(OC)c(O)c(CC(N)C(=O)O)c1Br. The quantitative estimate of drug-likeness (QED) is 0.768. The number of aromatic hydroxyl groups is 1. The molecule has 0 spiro atoms. The van der Waals surface area contributed by atoms with Gasteiger partial charge in [-0.2, -0.15) is 0 Å². The number of hydrogen-bond acceptors (Lipinski definition) is 4. The lowest BCUT2D eigenvalue weighted by atomic mass is 10.0. The highest BCUT2D eigenvalue weighted by Gasteiger charge is 2.21. The van der Waals surface area contributed by atoms with E-state index < -0.39 is 12.0 Å². The summed E-state index contributed by atoms with van der Waals surface area (Å²) in [6.45, 7) is 1.96. The van der Waals surface area contributed by atoms with Gasteiger partial charge in [0.2, 0.25) is 0 Å². The molecular weight excluding hydrogens is 302 g/mol. The van der Waals surface area contributed by atoms with Crippen LogP contribution in [-0.2, 0) is 17.6 Å². The zero-order valence-corrected chi connectivity index (χ0v) is 11.8. The number of phenols is 1. The van der Waals surface area contributed by atoms with Gasteiger partial charge in [-0.1, -0.05) is 22.9 Å². The van der Waals surface area contributed by atoms with Crippen molar-refractivity contribution in [2.24, 2.45) is 5.73 Å². The fourth-order valence-corrected chi connectivity index (χ4v) is 2.39. The first-order valence-electron chi connectivity index (χ1n) is 5.47. The van der Waals surface area contributed by atoms with Crippen molar-refractivity contribution in [3.63, 3.8) is 0 Å². The lowest BCUT2D eigenvalue weighted by Crippen LogP contribution is -2.32. The van der Waals surface area contributed by atoms with Gasteiger partial charge in [0.05, 0.1) is 7.11 Å². The summed E-state index contributed by atoms with van der Waals surface area (Å²) >= 11 is 3.37. The number of aryl methyl sites for hydroxylation is 1. The number of hydrogen-bond donors (Lipinski definition) is 3. The molecule has 5 nitrogen and oxygen atoms in total. The number of carboxylic acids is 1. The second-order valence-electron chi connectivity index (χ2n) is 3.88. The monoisotopic (exact) mass is 317 g/mol. The zero-order valence-electron chi connectivity index (χ0n) is 10.2. The Labute approximate surface area is 114 Å². The third-order valence-electron chi connectivity index (χ3n) is 2.71. The molecule has 0 fully saturated rings. The maximum atomic E-state index is 10.8. The van der Waals surface area contributed by atoms with Crippen LogP contribution in [0.5, 0.6) is 11.5 Å². The number of phenolic OH excluding ortho intramolecular Hbond substituents is 1. The van der Waals surface area contributed by atoms with Gasteiger partial charge in [-0.3, -0.25) is 4.79 Å². The molecule has 0 bridgehead atoms. The lowest BCUT2D eigenvalue weighted by molar-refractivity contribution is -0.138. The molecule has 1 rings (SSSR count). The van der Waals surface area contributed by atoms with Crippen LogP contribution in [0.1, 0.15) is 18.1 Å². The molecule has 18 heavy (non-hydrogen) atoms. The van der Waals surface area contributed by atoms with Crippen LogP contribution in [-0.4, -0.2) is 29.3 Å². The molecule has 1 aromatic carbocycles. The van der Waals surface area contributed by atoms with E-state index in [1.165, 1.54) is 7.11 Å². The van der Waals surface area contributed by atoms with Crippen LogP contribution < -0.4 is 10.5 Å². The minimum Gasteiger partial charge on any atom is -0.504 e. The first kappa shape index (κ1) is 14.8. The molecule has 0 saturated heterocycles. The van der Waals surface area contributed by atoms with Crippen LogP contribution in [0.2, 0.25) is 0 Å². The van der Waals surface area contributed by atoms with Crippen molar-refractivity contribution in [3.05, 3.63) is 21.7 Å². The fraction of sp³-hybridized carbons (Fsp3) is 0.417. The molecule has 6 heteroatoms. The maximum Gasteiger partial charge on any atom is 0.320 e. The summed E-state index contributed by atoms with van der Waals surface area (Å²) in [5.41, 5.74) is 6.88. The maximum absolute atomic E-state index is 10.8. The standard InChI is InChI=1S/C12H16BrNO4/c1-3-6-4-9(18-2)11(15)7(10(6)13)5-8(14)12(16)17/h4,8,15H,3,5,14H2,1-2H3,(H,16,17). The van der Waals surface area contributed by atoms with E-state index >= 15 is 0 Å². The first-order chi connectivity index (χ1) is 8.42. The van der Waals surface area contributed by atoms with E-state index in [1.54, 1.807) is 6.07 Å². The smallest absolute Gasteiger partial charge is 0.320 e. The van der Waals surface area contributed by atoms with E-state index in [0.717, 1.165) is 12.0 Å². The first-order valence-corrected chi connectivity index (χ1v) is 6.27. The highest BCUT2D eigenvalue weighted by Crippen LogP contribution is 2.38. The summed E-state index contributed by atoms with van der Waals surface area (Å²) in [6.07, 6.45) is 0.762. The molecule has 0 heterocycles. The number of aliphatic carboxylic acids is 1. The van der Waals surface area contributed by atoms with Crippen LogP contribution in [0, 0.1) is 0 Å². The zero-order chi connectivity index (χ0) is 13.9. The number of ether oxygens (including phenoxy) is 1. The van der Waals surface area contributed by atoms with Gasteiger partial charge < -0.3 is 20.7 Å². The Kier molecular flexibility index (Phi) is 4.98. The lowest BCUT2D eigenvalue weighted by Gasteiger charge is -2.16. The predicted octanol–water partition coefficient (Wildman–Crippen LogP) is 1.68. The molecule has 0 aliphatic rings.